The highest BCUT2D eigenvalue weighted by Gasteiger charge is 2.44. The summed E-state index contributed by atoms with van der Waals surface area (Å²) in [5.41, 5.74) is -0.935. The first-order chi connectivity index (χ1) is 17.9. The highest BCUT2D eigenvalue weighted by molar-refractivity contribution is 6.32. The smallest absolute Gasteiger partial charge is 0.409 e. The number of amides is 3. The standard InChI is InChI=1S/C26H32ClN5O6/c1-16(2)11-20(31-14-18(12-23(31)33)38-21-8-6-5-7-19(21)27)24(34)28-22-9-10-30(29-22)13-17-15-37-26(3,4)32(17)25(35)36/h5-10,12,16-17,20H,11,13-15H2,1-4H3,(H,35,36)(H,28,29,34)/t17-,20+/m1/s1. The molecule has 3 heterocycles. The van der Waals surface area contributed by atoms with E-state index in [9.17, 15) is 19.5 Å². The van der Waals surface area contributed by atoms with Crippen molar-refractivity contribution in [3.8, 4) is 5.75 Å². The van der Waals surface area contributed by atoms with Crippen molar-refractivity contribution < 1.29 is 29.0 Å². The molecule has 1 aromatic carbocycles. The predicted molar refractivity (Wildman–Crippen MR) is 140 cm³/mol. The van der Waals surface area contributed by atoms with Crippen molar-refractivity contribution in [1.29, 1.82) is 0 Å². The van der Waals surface area contributed by atoms with Gasteiger partial charge in [0, 0.05) is 18.3 Å². The summed E-state index contributed by atoms with van der Waals surface area (Å²) in [7, 11) is 0. The van der Waals surface area contributed by atoms with E-state index in [1.165, 1.54) is 15.9 Å². The molecule has 2 aliphatic heterocycles. The summed E-state index contributed by atoms with van der Waals surface area (Å²) in [6, 6.07) is 7.42. The molecule has 12 heteroatoms. The van der Waals surface area contributed by atoms with Gasteiger partial charge in [0.25, 0.3) is 5.91 Å². The molecule has 2 atom stereocenters. The number of carboxylic acid groups (broad SMARTS) is 1. The first-order valence-electron chi connectivity index (χ1n) is 12.4. The van der Waals surface area contributed by atoms with Crippen LogP contribution in [0.4, 0.5) is 10.6 Å². The zero-order valence-corrected chi connectivity index (χ0v) is 22.5. The van der Waals surface area contributed by atoms with E-state index in [0.717, 1.165) is 0 Å². The Balaban J connectivity index is 1.42. The van der Waals surface area contributed by atoms with Gasteiger partial charge in [-0.2, -0.15) is 5.10 Å². The predicted octanol–water partition coefficient (Wildman–Crippen LogP) is 3.81. The Bertz CT molecular complexity index is 1240. The van der Waals surface area contributed by atoms with Crippen molar-refractivity contribution in [2.24, 2.45) is 5.92 Å². The summed E-state index contributed by atoms with van der Waals surface area (Å²) < 4.78 is 13.0. The third-order valence-electron chi connectivity index (χ3n) is 6.42. The van der Waals surface area contributed by atoms with Crippen LogP contribution in [0.1, 0.15) is 34.1 Å². The van der Waals surface area contributed by atoms with Gasteiger partial charge < -0.3 is 24.8 Å². The fraction of sp³-hybridized carbons (Fsp3) is 0.462. The quantitative estimate of drug-likeness (QED) is 0.490. The van der Waals surface area contributed by atoms with Gasteiger partial charge in [-0.25, -0.2) is 4.79 Å². The summed E-state index contributed by atoms with van der Waals surface area (Å²) in [6.07, 6.45) is 2.40. The van der Waals surface area contributed by atoms with Crippen LogP contribution in [0.5, 0.6) is 5.75 Å². The van der Waals surface area contributed by atoms with E-state index in [2.05, 4.69) is 10.4 Å². The molecule has 0 spiro atoms. The highest BCUT2D eigenvalue weighted by atomic mass is 35.5. The molecule has 2 aromatic rings. The highest BCUT2D eigenvalue weighted by Crippen LogP contribution is 2.29. The molecule has 0 saturated carbocycles. The van der Waals surface area contributed by atoms with E-state index in [4.69, 9.17) is 21.1 Å². The summed E-state index contributed by atoms with van der Waals surface area (Å²) in [5.74, 6) is 0.577. The summed E-state index contributed by atoms with van der Waals surface area (Å²) in [6.45, 7) is 7.98. The van der Waals surface area contributed by atoms with Crippen LogP contribution >= 0.6 is 11.6 Å². The number of rotatable bonds is 9. The van der Waals surface area contributed by atoms with Crippen LogP contribution in [-0.4, -0.2) is 73.6 Å². The zero-order valence-electron chi connectivity index (χ0n) is 21.8. The number of anilines is 1. The number of para-hydroxylation sites is 1. The molecule has 0 bridgehead atoms. The molecule has 4 rings (SSSR count). The van der Waals surface area contributed by atoms with Gasteiger partial charge in [-0.05, 0) is 38.3 Å². The van der Waals surface area contributed by atoms with Crippen molar-refractivity contribution in [2.75, 3.05) is 18.5 Å². The molecule has 1 saturated heterocycles. The number of carbonyl (C=O) groups is 3. The Morgan fingerprint density at radius 1 is 1.29 bits per heavy atom. The summed E-state index contributed by atoms with van der Waals surface area (Å²) >= 11 is 6.18. The van der Waals surface area contributed by atoms with Gasteiger partial charge in [-0.15, -0.1) is 0 Å². The fourth-order valence-corrected chi connectivity index (χ4v) is 4.86. The Hall–Kier alpha value is -3.57. The molecular formula is C26H32ClN5O6. The maximum atomic E-state index is 13.3. The summed E-state index contributed by atoms with van der Waals surface area (Å²) in [4.78, 5) is 40.7. The van der Waals surface area contributed by atoms with E-state index >= 15 is 0 Å². The number of benzene rings is 1. The van der Waals surface area contributed by atoms with E-state index in [-0.39, 0.29) is 37.4 Å². The van der Waals surface area contributed by atoms with Crippen molar-refractivity contribution in [3.05, 3.63) is 53.4 Å². The Kier molecular flexibility index (Phi) is 7.98. The second-order valence-corrected chi connectivity index (χ2v) is 10.6. The van der Waals surface area contributed by atoms with E-state index < -0.39 is 23.9 Å². The van der Waals surface area contributed by atoms with Crippen molar-refractivity contribution in [1.82, 2.24) is 19.6 Å². The molecule has 1 fully saturated rings. The lowest BCUT2D eigenvalue weighted by Crippen LogP contribution is -2.48. The number of carbonyl (C=O) groups excluding carboxylic acids is 2. The monoisotopic (exact) mass is 545 g/mol. The van der Waals surface area contributed by atoms with Crippen LogP contribution in [-0.2, 0) is 20.9 Å². The molecule has 204 valence electrons. The van der Waals surface area contributed by atoms with Crippen LogP contribution in [0.3, 0.4) is 0 Å². The molecule has 0 radical (unpaired) electrons. The van der Waals surface area contributed by atoms with Gasteiger partial charge in [-0.3, -0.25) is 19.2 Å². The lowest BCUT2D eigenvalue weighted by Gasteiger charge is -2.30. The van der Waals surface area contributed by atoms with Crippen LogP contribution in [0.2, 0.25) is 5.02 Å². The number of nitrogens with one attached hydrogen (secondary N) is 1. The number of halogens is 1. The Morgan fingerprint density at radius 3 is 2.71 bits per heavy atom. The maximum absolute atomic E-state index is 13.3. The molecule has 38 heavy (non-hydrogen) atoms. The molecule has 3 amide bonds. The lowest BCUT2D eigenvalue weighted by molar-refractivity contribution is -0.133. The van der Waals surface area contributed by atoms with Crippen molar-refractivity contribution >= 4 is 35.3 Å². The van der Waals surface area contributed by atoms with Gasteiger partial charge >= 0.3 is 6.09 Å². The van der Waals surface area contributed by atoms with Crippen LogP contribution < -0.4 is 10.1 Å². The number of nitrogens with zero attached hydrogens (tertiary/aromatic N) is 4. The first kappa shape index (κ1) is 27.5. The molecule has 1 aromatic heterocycles. The molecule has 11 nitrogen and oxygen atoms in total. The number of hydrogen-bond donors (Lipinski definition) is 2. The van der Waals surface area contributed by atoms with Gasteiger partial charge in [0.1, 0.15) is 23.3 Å². The van der Waals surface area contributed by atoms with Crippen molar-refractivity contribution in [3.63, 3.8) is 0 Å². The van der Waals surface area contributed by atoms with Gasteiger partial charge in [0.15, 0.2) is 5.82 Å². The number of hydrogen-bond acceptors (Lipinski definition) is 6. The minimum absolute atomic E-state index is 0.131. The molecule has 2 aliphatic rings. The second-order valence-electron chi connectivity index (χ2n) is 10.2. The fourth-order valence-electron chi connectivity index (χ4n) is 4.69. The SMILES string of the molecule is CC(C)C[C@@H](C(=O)Nc1ccn(C[C@@H]2COC(C)(C)N2C(=O)O)n1)N1CC(Oc2ccccc2Cl)=CC1=O. The van der Waals surface area contributed by atoms with Gasteiger partial charge in [-0.1, -0.05) is 37.6 Å². The average Bonchev–Trinajstić information content (AvgIpc) is 3.50. The Labute approximate surface area is 225 Å². The van der Waals surface area contributed by atoms with Gasteiger partial charge in [0.05, 0.1) is 30.8 Å². The largest absolute Gasteiger partial charge is 0.465 e. The topological polar surface area (TPSA) is 126 Å². The second kappa shape index (κ2) is 11.0. The maximum Gasteiger partial charge on any atom is 0.409 e. The molecule has 2 N–H and O–H groups in total. The zero-order chi connectivity index (χ0) is 27.6. The molecule has 0 aliphatic carbocycles. The third kappa shape index (κ3) is 6.11. The average molecular weight is 546 g/mol. The van der Waals surface area contributed by atoms with Gasteiger partial charge in [0.2, 0.25) is 5.91 Å². The van der Waals surface area contributed by atoms with Crippen LogP contribution in [0.25, 0.3) is 0 Å². The van der Waals surface area contributed by atoms with Crippen LogP contribution in [0.15, 0.2) is 48.4 Å². The number of ether oxygens (including phenoxy) is 2. The van der Waals surface area contributed by atoms with E-state index in [0.29, 0.717) is 28.8 Å². The van der Waals surface area contributed by atoms with Crippen LogP contribution in [0, 0.1) is 5.92 Å². The summed E-state index contributed by atoms with van der Waals surface area (Å²) in [5, 5.41) is 17.2. The van der Waals surface area contributed by atoms with E-state index in [1.807, 2.05) is 13.8 Å². The molecular weight excluding hydrogens is 514 g/mol. The third-order valence-corrected chi connectivity index (χ3v) is 6.73. The first-order valence-corrected chi connectivity index (χ1v) is 12.8. The minimum atomic E-state index is -1.07. The normalized spacial score (nSPS) is 19.6. The van der Waals surface area contributed by atoms with Crippen molar-refractivity contribution in [2.45, 2.75) is 58.5 Å². The Morgan fingerprint density at radius 2 is 2.03 bits per heavy atom. The van der Waals surface area contributed by atoms with E-state index in [1.54, 1.807) is 55.1 Å². The lowest BCUT2D eigenvalue weighted by atomic mass is 10.0. The number of aromatic nitrogens is 2. The molecule has 0 unspecified atom stereocenters. The minimum Gasteiger partial charge on any atom is -0.465 e.